The minimum atomic E-state index is -0.0685. The van der Waals surface area contributed by atoms with Crippen LogP contribution in [-0.4, -0.2) is 46.7 Å². The minimum Gasteiger partial charge on any atom is -0.339 e. The fraction of sp³-hybridized carbons (Fsp3) is 0.471. The van der Waals surface area contributed by atoms with Gasteiger partial charge in [0.05, 0.1) is 11.3 Å². The molecule has 2 rings (SSSR count). The number of carbonyl (C=O) groups is 3. The van der Waals surface area contributed by atoms with Crippen molar-refractivity contribution in [1.82, 2.24) is 4.90 Å². The van der Waals surface area contributed by atoms with Crippen molar-refractivity contribution in [2.24, 2.45) is 0 Å². The highest BCUT2D eigenvalue weighted by molar-refractivity contribution is 8.14. The van der Waals surface area contributed by atoms with Crippen LogP contribution in [0.25, 0.3) is 0 Å². The molecule has 1 fully saturated rings. The third-order valence-corrected chi connectivity index (χ3v) is 4.88. The van der Waals surface area contributed by atoms with Gasteiger partial charge in [-0.15, -0.1) is 0 Å². The standard InChI is InChI=1S/C17H22N2O3S/c1-4-18(5-2)17(22)14-8-6-7-9-15(14)19-11-13(10-16(19)21)23-12(3)20/h6-9,13H,4-5,10-11H2,1-3H3. The van der Waals surface area contributed by atoms with Crippen LogP contribution in [-0.2, 0) is 9.59 Å². The molecule has 1 atom stereocenters. The third kappa shape index (κ3) is 3.93. The highest BCUT2D eigenvalue weighted by Gasteiger charge is 2.34. The Morgan fingerprint density at radius 2 is 1.91 bits per heavy atom. The zero-order valence-corrected chi connectivity index (χ0v) is 14.6. The molecule has 0 aromatic heterocycles. The first-order valence-corrected chi connectivity index (χ1v) is 8.71. The molecule has 0 saturated carbocycles. The van der Waals surface area contributed by atoms with Crippen LogP contribution in [0.4, 0.5) is 5.69 Å². The number of thioether (sulfide) groups is 1. The third-order valence-electron chi connectivity index (χ3n) is 3.90. The van der Waals surface area contributed by atoms with E-state index in [0.717, 1.165) is 0 Å². The van der Waals surface area contributed by atoms with Crippen LogP contribution in [0.1, 0.15) is 37.6 Å². The van der Waals surface area contributed by atoms with E-state index in [1.807, 2.05) is 26.0 Å². The molecule has 0 bridgehead atoms. The van der Waals surface area contributed by atoms with Crippen LogP contribution in [0.3, 0.4) is 0 Å². The van der Waals surface area contributed by atoms with Gasteiger partial charge < -0.3 is 9.80 Å². The summed E-state index contributed by atoms with van der Waals surface area (Å²) in [5.41, 5.74) is 1.18. The Bertz CT molecular complexity index is 614. The van der Waals surface area contributed by atoms with E-state index < -0.39 is 0 Å². The first kappa shape index (κ1) is 17.5. The number of hydrogen-bond acceptors (Lipinski definition) is 4. The molecular formula is C17H22N2O3S. The highest BCUT2D eigenvalue weighted by atomic mass is 32.2. The van der Waals surface area contributed by atoms with E-state index in [-0.39, 0.29) is 22.2 Å². The molecule has 1 aliphatic rings. The first-order valence-electron chi connectivity index (χ1n) is 7.83. The fourth-order valence-electron chi connectivity index (χ4n) is 2.79. The number of benzene rings is 1. The lowest BCUT2D eigenvalue weighted by atomic mass is 10.1. The SMILES string of the molecule is CCN(CC)C(=O)c1ccccc1N1CC(SC(C)=O)CC1=O. The second-order valence-corrected chi connectivity index (χ2v) is 6.91. The van der Waals surface area contributed by atoms with Crippen molar-refractivity contribution in [3.05, 3.63) is 29.8 Å². The number of anilines is 1. The summed E-state index contributed by atoms with van der Waals surface area (Å²) < 4.78 is 0. The van der Waals surface area contributed by atoms with Crippen molar-refractivity contribution in [3.8, 4) is 0 Å². The lowest BCUT2D eigenvalue weighted by molar-refractivity contribution is -0.117. The summed E-state index contributed by atoms with van der Waals surface area (Å²) in [6, 6.07) is 7.19. The number of carbonyl (C=O) groups excluding carboxylic acids is 3. The van der Waals surface area contributed by atoms with E-state index in [2.05, 4.69) is 0 Å². The lowest BCUT2D eigenvalue weighted by Gasteiger charge is -2.24. The molecule has 23 heavy (non-hydrogen) atoms. The first-order chi connectivity index (χ1) is 11.0. The predicted octanol–water partition coefficient (Wildman–Crippen LogP) is 2.55. The zero-order valence-electron chi connectivity index (χ0n) is 13.7. The lowest BCUT2D eigenvalue weighted by Crippen LogP contribution is -2.33. The van der Waals surface area contributed by atoms with E-state index in [1.165, 1.54) is 18.7 Å². The maximum Gasteiger partial charge on any atom is 0.255 e. The molecule has 1 aromatic carbocycles. The molecule has 1 heterocycles. The van der Waals surface area contributed by atoms with Crippen molar-refractivity contribution in [2.75, 3.05) is 24.5 Å². The maximum absolute atomic E-state index is 12.7. The molecule has 5 nitrogen and oxygen atoms in total. The van der Waals surface area contributed by atoms with Gasteiger partial charge in [-0.05, 0) is 26.0 Å². The van der Waals surface area contributed by atoms with E-state index in [0.29, 0.717) is 37.3 Å². The zero-order chi connectivity index (χ0) is 17.0. The van der Waals surface area contributed by atoms with Gasteiger partial charge in [0.1, 0.15) is 0 Å². The summed E-state index contributed by atoms with van der Waals surface area (Å²) in [6.07, 6.45) is 0.331. The summed E-state index contributed by atoms with van der Waals surface area (Å²) in [6.45, 7) is 7.09. The largest absolute Gasteiger partial charge is 0.339 e. The van der Waals surface area contributed by atoms with Crippen LogP contribution in [0.15, 0.2) is 24.3 Å². The molecule has 0 aliphatic carbocycles. The van der Waals surface area contributed by atoms with Crippen LogP contribution in [0.5, 0.6) is 0 Å². The molecule has 0 spiro atoms. The predicted molar refractivity (Wildman–Crippen MR) is 92.7 cm³/mol. The molecular weight excluding hydrogens is 312 g/mol. The number of nitrogens with zero attached hydrogens (tertiary/aromatic N) is 2. The van der Waals surface area contributed by atoms with Gasteiger partial charge in [-0.1, -0.05) is 23.9 Å². The normalized spacial score (nSPS) is 17.4. The van der Waals surface area contributed by atoms with Gasteiger partial charge in [0.2, 0.25) is 5.91 Å². The van der Waals surface area contributed by atoms with E-state index in [9.17, 15) is 14.4 Å². The Hall–Kier alpha value is -1.82. The second-order valence-electron chi connectivity index (χ2n) is 5.43. The summed E-state index contributed by atoms with van der Waals surface area (Å²) in [7, 11) is 0. The Kier molecular flexibility index (Phi) is 5.82. The minimum absolute atomic E-state index is 0.0113. The van der Waals surface area contributed by atoms with E-state index in [4.69, 9.17) is 0 Å². The van der Waals surface area contributed by atoms with Gasteiger partial charge in [-0.2, -0.15) is 0 Å². The van der Waals surface area contributed by atoms with Crippen molar-refractivity contribution in [3.63, 3.8) is 0 Å². The van der Waals surface area contributed by atoms with Gasteiger partial charge >= 0.3 is 0 Å². The van der Waals surface area contributed by atoms with Crippen LogP contribution in [0.2, 0.25) is 0 Å². The number of amides is 2. The van der Waals surface area contributed by atoms with Crippen molar-refractivity contribution >= 4 is 34.4 Å². The molecule has 6 heteroatoms. The highest BCUT2D eigenvalue weighted by Crippen LogP contribution is 2.31. The van der Waals surface area contributed by atoms with Crippen molar-refractivity contribution in [2.45, 2.75) is 32.4 Å². The molecule has 1 aliphatic heterocycles. The van der Waals surface area contributed by atoms with E-state index >= 15 is 0 Å². The monoisotopic (exact) mass is 334 g/mol. The van der Waals surface area contributed by atoms with E-state index in [1.54, 1.807) is 21.9 Å². The summed E-state index contributed by atoms with van der Waals surface area (Å²) in [4.78, 5) is 39.6. The Morgan fingerprint density at radius 3 is 2.52 bits per heavy atom. The quantitative estimate of drug-likeness (QED) is 0.830. The summed E-state index contributed by atoms with van der Waals surface area (Å²) in [5, 5.41) is -0.0336. The Labute approximate surface area is 141 Å². The fourth-order valence-corrected chi connectivity index (χ4v) is 3.71. The Morgan fingerprint density at radius 1 is 1.26 bits per heavy atom. The van der Waals surface area contributed by atoms with Gasteiger partial charge in [-0.25, -0.2) is 0 Å². The summed E-state index contributed by atoms with van der Waals surface area (Å²) in [5.74, 6) is -0.107. The smallest absolute Gasteiger partial charge is 0.255 e. The molecule has 0 radical (unpaired) electrons. The van der Waals surface area contributed by atoms with Gasteiger partial charge in [0.25, 0.3) is 5.91 Å². The molecule has 124 valence electrons. The van der Waals surface area contributed by atoms with Gasteiger partial charge in [0, 0.05) is 38.2 Å². The average molecular weight is 334 g/mol. The van der Waals surface area contributed by atoms with Gasteiger partial charge in [0.15, 0.2) is 5.12 Å². The van der Waals surface area contributed by atoms with Crippen molar-refractivity contribution < 1.29 is 14.4 Å². The summed E-state index contributed by atoms with van der Waals surface area (Å²) >= 11 is 1.20. The Balaban J connectivity index is 2.28. The van der Waals surface area contributed by atoms with Crippen LogP contribution in [0, 0.1) is 0 Å². The van der Waals surface area contributed by atoms with Crippen molar-refractivity contribution in [1.29, 1.82) is 0 Å². The van der Waals surface area contributed by atoms with Gasteiger partial charge in [-0.3, -0.25) is 14.4 Å². The molecule has 0 N–H and O–H groups in total. The molecule has 2 amide bonds. The molecule has 1 unspecified atom stereocenters. The number of hydrogen-bond donors (Lipinski definition) is 0. The van der Waals surface area contributed by atoms with Crippen LogP contribution < -0.4 is 4.90 Å². The van der Waals surface area contributed by atoms with Crippen LogP contribution >= 0.6 is 11.8 Å². The number of rotatable bonds is 5. The second kappa shape index (κ2) is 7.64. The molecule has 1 saturated heterocycles. The topological polar surface area (TPSA) is 57.7 Å². The maximum atomic E-state index is 12.7. The number of para-hydroxylation sites is 1. The molecule has 1 aromatic rings. The average Bonchev–Trinajstić information content (AvgIpc) is 2.88.